The van der Waals surface area contributed by atoms with Crippen molar-refractivity contribution in [2.24, 2.45) is 11.8 Å². The summed E-state index contributed by atoms with van der Waals surface area (Å²) < 4.78 is 39.0. The molecular formula is C55H48BF4P2Rh-. The molecular weight excluding hydrogens is 912 g/mol. The van der Waals surface area contributed by atoms with Crippen LogP contribution in [0.15, 0.2) is 194 Å². The molecule has 8 aromatic rings. The van der Waals surface area contributed by atoms with Gasteiger partial charge in [0.25, 0.3) is 0 Å². The average Bonchev–Trinajstić information content (AvgIpc) is 3.93. The number of hydrogen-bond donors (Lipinski definition) is 0. The molecule has 0 amide bonds. The van der Waals surface area contributed by atoms with Crippen molar-refractivity contribution in [1.82, 2.24) is 0 Å². The van der Waals surface area contributed by atoms with E-state index >= 15 is 0 Å². The maximum Gasteiger partial charge on any atom is 0.673 e. The number of allylic oxidation sites excluding steroid dienone is 4. The summed E-state index contributed by atoms with van der Waals surface area (Å²) in [7, 11) is -7.77. The van der Waals surface area contributed by atoms with Gasteiger partial charge in [-0.2, -0.15) is 0 Å². The first-order valence-electron chi connectivity index (χ1n) is 21.0. The molecule has 0 nitrogen and oxygen atoms in total. The number of aryl methyl sites for hydroxylation is 4. The Balaban J connectivity index is 0.000000396. The van der Waals surface area contributed by atoms with Crippen LogP contribution in [0.25, 0.3) is 32.7 Å². The summed E-state index contributed by atoms with van der Waals surface area (Å²) in [5.41, 5.74) is 7.84. The molecule has 8 aromatic carbocycles. The molecule has 2 bridgehead atoms. The van der Waals surface area contributed by atoms with Crippen molar-refractivity contribution in [3.05, 3.63) is 216 Å². The van der Waals surface area contributed by atoms with Crippen LogP contribution in [0.2, 0.25) is 0 Å². The number of fused-ring (bicyclic) bond motifs is 4. The summed E-state index contributed by atoms with van der Waals surface area (Å²) in [6.45, 7) is 8.72. The molecule has 8 heteroatoms. The first-order chi connectivity index (χ1) is 29.9. The van der Waals surface area contributed by atoms with Crippen LogP contribution in [-0.2, 0) is 19.5 Å². The average molecular weight is 961 g/mol. The number of hydrogen-bond acceptors (Lipinski definition) is 0. The van der Waals surface area contributed by atoms with Crippen molar-refractivity contribution in [2.75, 3.05) is 0 Å². The molecule has 319 valence electrons. The number of benzene rings is 8. The van der Waals surface area contributed by atoms with Gasteiger partial charge in [0.15, 0.2) is 0 Å². The Morgan fingerprint density at radius 2 is 0.651 bits per heavy atom. The Labute approximate surface area is 384 Å². The summed E-state index contributed by atoms with van der Waals surface area (Å²) in [5.74, 6) is 1.62. The minimum Gasteiger partial charge on any atom is -0.418 e. The van der Waals surface area contributed by atoms with Crippen molar-refractivity contribution in [2.45, 2.75) is 34.1 Å². The molecule has 63 heavy (non-hydrogen) atoms. The van der Waals surface area contributed by atoms with Gasteiger partial charge in [-0.15, -0.1) is 0 Å². The third kappa shape index (κ3) is 11.0. The molecule has 2 aliphatic rings. The van der Waals surface area contributed by atoms with Crippen molar-refractivity contribution in [3.8, 4) is 11.1 Å². The molecule has 0 aliphatic heterocycles. The summed E-state index contributed by atoms with van der Waals surface area (Å²) >= 11 is 0. The van der Waals surface area contributed by atoms with Gasteiger partial charge in [0.2, 0.25) is 0 Å². The molecule has 0 N–H and O–H groups in total. The van der Waals surface area contributed by atoms with Crippen LogP contribution >= 0.6 is 15.8 Å². The zero-order valence-electron chi connectivity index (χ0n) is 35.7. The zero-order chi connectivity index (χ0) is 43.4. The van der Waals surface area contributed by atoms with Crippen molar-refractivity contribution in [1.29, 1.82) is 0 Å². The van der Waals surface area contributed by atoms with Gasteiger partial charge in [-0.3, -0.25) is 0 Å². The number of halogens is 4. The van der Waals surface area contributed by atoms with Crippen molar-refractivity contribution in [3.63, 3.8) is 0 Å². The summed E-state index contributed by atoms with van der Waals surface area (Å²) in [4.78, 5) is 0. The van der Waals surface area contributed by atoms with Crippen LogP contribution in [-0.4, -0.2) is 7.25 Å². The molecule has 0 aromatic heterocycles. The molecule has 10 rings (SSSR count). The van der Waals surface area contributed by atoms with E-state index in [1.807, 2.05) is 0 Å². The normalized spacial score (nSPS) is 15.0. The second kappa shape index (κ2) is 20.2. The van der Waals surface area contributed by atoms with E-state index in [1.54, 1.807) is 0 Å². The van der Waals surface area contributed by atoms with Gasteiger partial charge in [-0.1, -0.05) is 216 Å². The van der Waals surface area contributed by atoms with Gasteiger partial charge in [0, 0.05) is 19.5 Å². The molecule has 0 unspecified atom stereocenters. The van der Waals surface area contributed by atoms with E-state index in [-0.39, 0.29) is 19.5 Å². The second-order valence-electron chi connectivity index (χ2n) is 16.2. The minimum absolute atomic E-state index is 0. The van der Waals surface area contributed by atoms with Crippen LogP contribution in [0.4, 0.5) is 17.3 Å². The van der Waals surface area contributed by atoms with E-state index in [0.717, 1.165) is 11.8 Å². The Bertz CT molecular complexity index is 2570. The number of rotatable bonds is 7. The van der Waals surface area contributed by atoms with Gasteiger partial charge in [-0.25, -0.2) is 0 Å². The van der Waals surface area contributed by atoms with Crippen LogP contribution in [0.1, 0.15) is 28.7 Å². The Hall–Kier alpha value is -4.97. The predicted octanol–water partition coefficient (Wildman–Crippen LogP) is 13.5. The van der Waals surface area contributed by atoms with Crippen molar-refractivity contribution >= 4 is 76.5 Å². The smallest absolute Gasteiger partial charge is 0.418 e. The van der Waals surface area contributed by atoms with Crippen LogP contribution < -0.4 is 31.8 Å². The monoisotopic (exact) mass is 960 g/mol. The first-order valence-corrected chi connectivity index (χ1v) is 23.7. The SMILES string of the molecule is C1=CC2C=CC1C2.Cc1ccc(P(c2ccc(C)cc2)c2ccc3ccccc3c2-c2c(P(c3ccc(C)cc3)c3ccc(C)cc3)ccc3ccccc23)cc1.F[B-](F)(F)F.[Rh]. The molecule has 0 fully saturated rings. The van der Waals surface area contributed by atoms with Gasteiger partial charge < -0.3 is 17.3 Å². The largest absolute Gasteiger partial charge is 0.673 e. The third-order valence-electron chi connectivity index (χ3n) is 11.5. The third-order valence-corrected chi connectivity index (χ3v) is 16.4. The summed E-state index contributed by atoms with van der Waals surface area (Å²) in [6.07, 6.45) is 10.5. The Morgan fingerprint density at radius 1 is 0.381 bits per heavy atom. The van der Waals surface area contributed by atoms with Gasteiger partial charge in [-0.05, 0) is 126 Å². The Morgan fingerprint density at radius 3 is 0.905 bits per heavy atom. The van der Waals surface area contributed by atoms with Gasteiger partial charge >= 0.3 is 7.25 Å². The standard InChI is InChI=1S/C48H40P2.C7H8.BF4.Rh/c1-33-13-23-39(24-14-33)49(40-25-15-34(2)16-26-40)45-31-21-37-9-5-7-11-43(37)47(45)48-44-12-8-6-10-38(44)22-32-46(48)50(41-27-17-35(3)18-28-41)42-29-19-36(4)20-30-42;1-2-7-4-3-6(1)5-7;2-1(3,4)5;/h5-32H,1-4H3;1-4,6-7H,5H2;;/q;;-1;. The fraction of sp³-hybridized carbons (Fsp3) is 0.127. The fourth-order valence-corrected chi connectivity index (χ4v) is 13.2. The van der Waals surface area contributed by atoms with Gasteiger partial charge in [0.05, 0.1) is 0 Å². The molecule has 2 aliphatic carbocycles. The quantitative estimate of drug-likeness (QED) is 0.0646. The van der Waals surface area contributed by atoms with E-state index in [2.05, 4.69) is 222 Å². The maximum absolute atomic E-state index is 9.75. The molecule has 0 saturated heterocycles. The Kier molecular flexibility index (Phi) is 14.8. The molecule has 0 spiro atoms. The summed E-state index contributed by atoms with van der Waals surface area (Å²) in [6, 6.07) is 64.6. The first kappa shape index (κ1) is 46.0. The van der Waals surface area contributed by atoms with Crippen molar-refractivity contribution < 1.29 is 36.7 Å². The fourth-order valence-electron chi connectivity index (χ4n) is 8.38. The van der Waals surface area contributed by atoms with Crippen LogP contribution in [0, 0.1) is 39.5 Å². The predicted molar refractivity (Wildman–Crippen MR) is 263 cm³/mol. The van der Waals surface area contributed by atoms with E-state index < -0.39 is 23.1 Å². The maximum atomic E-state index is 9.75. The second-order valence-corrected chi connectivity index (χ2v) is 20.6. The topological polar surface area (TPSA) is 0 Å². The van der Waals surface area contributed by atoms with Gasteiger partial charge in [0.1, 0.15) is 0 Å². The molecule has 0 atom stereocenters. The molecule has 0 heterocycles. The zero-order valence-corrected chi connectivity index (χ0v) is 39.1. The van der Waals surface area contributed by atoms with Crippen LogP contribution in [0.3, 0.4) is 0 Å². The van der Waals surface area contributed by atoms with E-state index in [1.165, 1.54) is 93.2 Å². The molecule has 0 saturated carbocycles. The van der Waals surface area contributed by atoms with E-state index in [0.29, 0.717) is 0 Å². The van der Waals surface area contributed by atoms with Crippen LogP contribution in [0.5, 0.6) is 0 Å². The summed E-state index contributed by atoms with van der Waals surface area (Å²) in [5, 5.41) is 13.4. The molecule has 1 radical (unpaired) electrons. The minimum atomic E-state index is -6.00. The van der Waals surface area contributed by atoms with E-state index in [4.69, 9.17) is 0 Å². The van der Waals surface area contributed by atoms with E-state index in [9.17, 15) is 17.3 Å².